The molecule has 0 spiro atoms. The summed E-state index contributed by atoms with van der Waals surface area (Å²) in [6.45, 7) is 3.50. The topological polar surface area (TPSA) is 114 Å². The van der Waals surface area contributed by atoms with Gasteiger partial charge in [-0.25, -0.2) is 8.78 Å². The summed E-state index contributed by atoms with van der Waals surface area (Å²) in [5.41, 5.74) is -0.548. The molecule has 1 atom stereocenters. The van der Waals surface area contributed by atoms with Crippen LogP contribution in [0.1, 0.15) is 47.1 Å². The highest BCUT2D eigenvalue weighted by atomic mass is 19.1. The number of nitrogens with one attached hydrogen (secondary N) is 2. The Morgan fingerprint density at radius 2 is 1.86 bits per heavy atom. The molecule has 0 fully saturated rings. The number of hydrogen-bond acceptors (Lipinski definition) is 6. The third-order valence-corrected chi connectivity index (χ3v) is 6.31. The molecule has 1 aliphatic rings. The lowest BCUT2D eigenvalue weighted by molar-refractivity contribution is -0.121. The number of halogens is 2. The van der Waals surface area contributed by atoms with Gasteiger partial charge in [-0.3, -0.25) is 14.4 Å². The SMILES string of the molecule is COCC(C)(C)c1c(F)cc(NC(=O)C2c3ccc(OC)cc3CCN2C(=O)c2cc(=O)[nH]o2)cc1F. The second-order valence-corrected chi connectivity index (χ2v) is 9.41. The first kappa shape index (κ1) is 26.1. The van der Waals surface area contributed by atoms with Crippen molar-refractivity contribution in [1.29, 1.82) is 0 Å². The van der Waals surface area contributed by atoms with Gasteiger partial charge in [0.1, 0.15) is 23.4 Å². The highest BCUT2D eigenvalue weighted by Gasteiger charge is 2.38. The van der Waals surface area contributed by atoms with Crippen LogP contribution in [0.3, 0.4) is 0 Å². The van der Waals surface area contributed by atoms with Gasteiger partial charge in [0.05, 0.1) is 19.8 Å². The average Bonchev–Trinajstić information content (AvgIpc) is 3.27. The Balaban J connectivity index is 1.70. The summed E-state index contributed by atoms with van der Waals surface area (Å²) in [6, 6.07) is 6.95. The molecule has 2 amide bonds. The predicted octanol–water partition coefficient (Wildman–Crippen LogP) is 3.56. The van der Waals surface area contributed by atoms with Gasteiger partial charge in [0, 0.05) is 30.3 Å². The standard InChI is InChI=1S/C26H27F2N3O6/c1-26(2,13-35-3)22-18(27)10-15(11-19(22)28)29-24(33)23-17-6-5-16(36-4)9-14(17)7-8-31(23)25(34)20-12-21(32)30-37-20/h5-6,9-12,23H,7-8,13H2,1-4H3,(H,29,33)(H,30,32). The fraction of sp³-hybridized carbons (Fsp3) is 0.346. The fourth-order valence-corrected chi connectivity index (χ4v) is 4.70. The number of anilines is 1. The van der Waals surface area contributed by atoms with Gasteiger partial charge in [-0.1, -0.05) is 19.9 Å². The minimum atomic E-state index is -1.17. The molecule has 196 valence electrons. The number of amides is 2. The van der Waals surface area contributed by atoms with Crippen molar-refractivity contribution in [2.45, 2.75) is 31.7 Å². The van der Waals surface area contributed by atoms with Crippen LogP contribution in [-0.2, 0) is 21.4 Å². The Bertz CT molecular complexity index is 1370. The van der Waals surface area contributed by atoms with Crippen molar-refractivity contribution >= 4 is 17.5 Å². The second-order valence-electron chi connectivity index (χ2n) is 9.41. The number of carbonyl (C=O) groups excluding carboxylic acids is 2. The molecular weight excluding hydrogens is 488 g/mol. The molecule has 1 aromatic heterocycles. The average molecular weight is 516 g/mol. The number of H-pyrrole nitrogens is 1. The van der Waals surface area contributed by atoms with E-state index in [-0.39, 0.29) is 30.2 Å². The van der Waals surface area contributed by atoms with E-state index < -0.39 is 40.5 Å². The number of fused-ring (bicyclic) bond motifs is 1. The number of methoxy groups -OCH3 is 2. The molecule has 0 bridgehead atoms. The molecular formula is C26H27F2N3O6. The van der Waals surface area contributed by atoms with Crippen molar-refractivity contribution in [3.8, 4) is 5.75 Å². The summed E-state index contributed by atoms with van der Waals surface area (Å²) in [5.74, 6) is -2.75. The van der Waals surface area contributed by atoms with E-state index in [9.17, 15) is 14.4 Å². The zero-order valence-electron chi connectivity index (χ0n) is 20.8. The molecule has 37 heavy (non-hydrogen) atoms. The summed E-state index contributed by atoms with van der Waals surface area (Å²) in [7, 11) is 2.95. The van der Waals surface area contributed by atoms with Crippen molar-refractivity contribution in [1.82, 2.24) is 10.1 Å². The normalized spacial score (nSPS) is 15.3. The zero-order chi connectivity index (χ0) is 26.9. The van der Waals surface area contributed by atoms with Crippen molar-refractivity contribution in [3.05, 3.63) is 80.8 Å². The van der Waals surface area contributed by atoms with Crippen LogP contribution in [0.15, 0.2) is 45.7 Å². The Morgan fingerprint density at radius 3 is 2.46 bits per heavy atom. The van der Waals surface area contributed by atoms with Crippen LogP contribution in [-0.4, -0.2) is 49.2 Å². The largest absolute Gasteiger partial charge is 0.497 e. The molecule has 2 N–H and O–H groups in total. The molecule has 3 aromatic rings. The number of carbonyl (C=O) groups is 2. The maximum atomic E-state index is 15.0. The van der Waals surface area contributed by atoms with E-state index in [2.05, 4.69) is 10.5 Å². The number of benzene rings is 2. The molecule has 1 aliphatic heterocycles. The van der Waals surface area contributed by atoms with Gasteiger partial charge in [0.2, 0.25) is 5.76 Å². The first-order valence-corrected chi connectivity index (χ1v) is 11.5. The highest BCUT2D eigenvalue weighted by molar-refractivity contribution is 6.01. The first-order chi connectivity index (χ1) is 17.6. The molecule has 9 nitrogen and oxygen atoms in total. The number of rotatable bonds is 7. The molecule has 0 aliphatic carbocycles. The van der Waals surface area contributed by atoms with Gasteiger partial charge in [-0.15, -0.1) is 0 Å². The van der Waals surface area contributed by atoms with Crippen LogP contribution in [0.5, 0.6) is 5.75 Å². The summed E-state index contributed by atoms with van der Waals surface area (Å²) in [5, 5.41) is 4.60. The molecule has 4 rings (SSSR count). The maximum Gasteiger partial charge on any atom is 0.293 e. The smallest absolute Gasteiger partial charge is 0.293 e. The maximum absolute atomic E-state index is 15.0. The van der Waals surface area contributed by atoms with Crippen LogP contribution in [0.4, 0.5) is 14.5 Å². The minimum Gasteiger partial charge on any atom is -0.497 e. The molecule has 2 heterocycles. The second kappa shape index (κ2) is 10.2. The number of ether oxygens (including phenoxy) is 2. The van der Waals surface area contributed by atoms with Crippen LogP contribution < -0.4 is 15.6 Å². The molecule has 1 unspecified atom stereocenters. The molecule has 0 saturated heterocycles. The Kier molecular flexibility index (Phi) is 7.17. The van der Waals surface area contributed by atoms with Crippen molar-refractivity contribution in [2.75, 3.05) is 32.7 Å². The number of aromatic amines is 1. The summed E-state index contributed by atoms with van der Waals surface area (Å²) < 4.78 is 45.3. The van der Waals surface area contributed by atoms with Gasteiger partial charge in [-0.2, -0.15) is 5.16 Å². The first-order valence-electron chi connectivity index (χ1n) is 11.5. The fourth-order valence-electron chi connectivity index (χ4n) is 4.70. The van der Waals surface area contributed by atoms with E-state index in [1.807, 2.05) is 0 Å². The molecule has 11 heteroatoms. The van der Waals surface area contributed by atoms with E-state index in [0.29, 0.717) is 17.7 Å². The van der Waals surface area contributed by atoms with Crippen molar-refractivity contribution in [2.24, 2.45) is 0 Å². The van der Waals surface area contributed by atoms with Crippen molar-refractivity contribution in [3.63, 3.8) is 0 Å². The van der Waals surface area contributed by atoms with Gasteiger partial charge in [-0.05, 0) is 41.8 Å². The van der Waals surface area contributed by atoms with Gasteiger partial charge < -0.3 is 24.2 Å². The van der Waals surface area contributed by atoms with Crippen LogP contribution in [0, 0.1) is 11.6 Å². The van der Waals surface area contributed by atoms with Crippen LogP contribution in [0.2, 0.25) is 0 Å². The van der Waals surface area contributed by atoms with Gasteiger partial charge >= 0.3 is 0 Å². The quantitative estimate of drug-likeness (QED) is 0.498. The highest BCUT2D eigenvalue weighted by Crippen LogP contribution is 2.35. The molecule has 0 radical (unpaired) electrons. The minimum absolute atomic E-state index is 0.0845. The molecule has 2 aromatic carbocycles. The van der Waals surface area contributed by atoms with E-state index in [0.717, 1.165) is 23.8 Å². The number of aromatic nitrogens is 1. The monoisotopic (exact) mass is 515 g/mol. The molecule has 0 saturated carbocycles. The van der Waals surface area contributed by atoms with E-state index >= 15 is 8.78 Å². The summed E-state index contributed by atoms with van der Waals surface area (Å²) in [4.78, 5) is 39.5. The summed E-state index contributed by atoms with van der Waals surface area (Å²) in [6.07, 6.45) is 0.406. The third-order valence-electron chi connectivity index (χ3n) is 6.31. The van der Waals surface area contributed by atoms with E-state index in [1.165, 1.54) is 19.1 Å². The van der Waals surface area contributed by atoms with Gasteiger partial charge in [0.25, 0.3) is 17.4 Å². The Hall–Kier alpha value is -3.99. The number of nitrogens with zero attached hydrogens (tertiary/aromatic N) is 1. The zero-order valence-corrected chi connectivity index (χ0v) is 20.8. The predicted molar refractivity (Wildman–Crippen MR) is 130 cm³/mol. The lowest BCUT2D eigenvalue weighted by Gasteiger charge is -2.36. The van der Waals surface area contributed by atoms with Crippen molar-refractivity contribution < 1.29 is 32.4 Å². The van der Waals surface area contributed by atoms with Gasteiger partial charge in [0.15, 0.2) is 0 Å². The summed E-state index contributed by atoms with van der Waals surface area (Å²) >= 11 is 0. The Labute approximate surface area is 211 Å². The Morgan fingerprint density at radius 1 is 1.16 bits per heavy atom. The lowest BCUT2D eigenvalue weighted by Crippen LogP contribution is -2.45. The van der Waals surface area contributed by atoms with Crippen LogP contribution in [0.25, 0.3) is 0 Å². The number of hydrogen-bond donors (Lipinski definition) is 2. The van der Waals surface area contributed by atoms with E-state index in [4.69, 9.17) is 14.0 Å². The third kappa shape index (κ3) is 5.12. The lowest BCUT2D eigenvalue weighted by atomic mass is 9.84. The van der Waals surface area contributed by atoms with Crippen LogP contribution >= 0.6 is 0 Å². The van der Waals surface area contributed by atoms with E-state index in [1.54, 1.807) is 32.0 Å².